The van der Waals surface area contributed by atoms with E-state index in [9.17, 15) is 10.2 Å². The van der Waals surface area contributed by atoms with E-state index in [0.29, 0.717) is 0 Å². The van der Waals surface area contributed by atoms with Crippen molar-refractivity contribution in [1.82, 2.24) is 5.32 Å². The number of hydrogen-bond donors (Lipinski definition) is 3. The van der Waals surface area contributed by atoms with Gasteiger partial charge in [-0.05, 0) is 43.9 Å². The van der Waals surface area contributed by atoms with Gasteiger partial charge in [0.05, 0.1) is 6.04 Å². The molecule has 1 atom stereocenters. The lowest BCUT2D eigenvalue weighted by molar-refractivity contribution is 0.394. The Bertz CT molecular complexity index is 635. The van der Waals surface area contributed by atoms with Gasteiger partial charge in [0.2, 0.25) is 0 Å². The van der Waals surface area contributed by atoms with E-state index in [2.05, 4.69) is 30.4 Å². The third kappa shape index (κ3) is 3.19. The predicted octanol–water partition coefficient (Wildman–Crippen LogP) is 3.50. The number of rotatable bonds is 5. The molecule has 2 aromatic rings. The second kappa shape index (κ2) is 5.78. The van der Waals surface area contributed by atoms with Gasteiger partial charge in [-0.15, -0.1) is 0 Å². The van der Waals surface area contributed by atoms with Gasteiger partial charge in [-0.3, -0.25) is 0 Å². The number of para-hydroxylation sites is 1. The number of aromatic hydroxyl groups is 2. The first-order valence-electron chi connectivity index (χ1n) is 7.46. The van der Waals surface area contributed by atoms with Crippen molar-refractivity contribution in [2.45, 2.75) is 25.8 Å². The minimum Gasteiger partial charge on any atom is -0.504 e. The summed E-state index contributed by atoms with van der Waals surface area (Å²) in [7, 11) is 0. The summed E-state index contributed by atoms with van der Waals surface area (Å²) < 4.78 is 0. The summed E-state index contributed by atoms with van der Waals surface area (Å²) in [6.45, 7) is 3.00. The number of aryl methyl sites for hydroxylation is 1. The van der Waals surface area contributed by atoms with Crippen molar-refractivity contribution in [1.29, 1.82) is 0 Å². The van der Waals surface area contributed by atoms with E-state index in [0.717, 1.165) is 23.6 Å². The van der Waals surface area contributed by atoms with Crippen molar-refractivity contribution in [3.8, 4) is 11.5 Å². The largest absolute Gasteiger partial charge is 0.504 e. The molecule has 0 spiro atoms. The second-order valence-electron chi connectivity index (χ2n) is 5.91. The molecule has 2 aromatic carbocycles. The first-order valence-corrected chi connectivity index (χ1v) is 7.46. The second-order valence-corrected chi connectivity index (χ2v) is 5.91. The maximum Gasteiger partial charge on any atom is 0.162 e. The van der Waals surface area contributed by atoms with Gasteiger partial charge in [0.15, 0.2) is 11.5 Å². The standard InChI is InChI=1S/C18H21NO2/c1-12-4-2-5-14(10-12)17(19-11-13-8-9-13)15-6-3-7-16(20)18(15)21/h2-7,10,13,17,19-21H,8-9,11H2,1H3. The molecule has 0 aliphatic heterocycles. The summed E-state index contributed by atoms with van der Waals surface area (Å²) in [5.74, 6) is 0.641. The van der Waals surface area contributed by atoms with Gasteiger partial charge in [0.25, 0.3) is 0 Å². The van der Waals surface area contributed by atoms with E-state index in [4.69, 9.17) is 0 Å². The van der Waals surface area contributed by atoms with Gasteiger partial charge < -0.3 is 15.5 Å². The van der Waals surface area contributed by atoms with Crippen LogP contribution in [0, 0.1) is 12.8 Å². The highest BCUT2D eigenvalue weighted by Crippen LogP contribution is 2.36. The highest BCUT2D eigenvalue weighted by Gasteiger charge is 2.25. The van der Waals surface area contributed by atoms with Gasteiger partial charge in [0.1, 0.15) is 0 Å². The molecule has 0 heterocycles. The molecule has 1 fully saturated rings. The SMILES string of the molecule is Cc1cccc(C(NCC2CC2)c2cccc(O)c2O)c1. The normalized spacial score (nSPS) is 15.9. The molecule has 0 bridgehead atoms. The molecule has 110 valence electrons. The van der Waals surface area contributed by atoms with Crippen LogP contribution in [-0.4, -0.2) is 16.8 Å². The molecule has 1 aliphatic carbocycles. The molecule has 3 heteroatoms. The quantitative estimate of drug-likeness (QED) is 0.736. The van der Waals surface area contributed by atoms with E-state index in [1.165, 1.54) is 24.5 Å². The monoisotopic (exact) mass is 283 g/mol. The van der Waals surface area contributed by atoms with Gasteiger partial charge in [-0.25, -0.2) is 0 Å². The highest BCUT2D eigenvalue weighted by atomic mass is 16.3. The fourth-order valence-corrected chi connectivity index (χ4v) is 2.65. The summed E-state index contributed by atoms with van der Waals surface area (Å²) in [6, 6.07) is 13.3. The van der Waals surface area contributed by atoms with E-state index < -0.39 is 0 Å². The summed E-state index contributed by atoms with van der Waals surface area (Å²) in [4.78, 5) is 0. The van der Waals surface area contributed by atoms with Crippen LogP contribution in [0.4, 0.5) is 0 Å². The molecule has 3 nitrogen and oxygen atoms in total. The van der Waals surface area contributed by atoms with Crippen LogP contribution in [-0.2, 0) is 0 Å². The topological polar surface area (TPSA) is 52.5 Å². The molecule has 21 heavy (non-hydrogen) atoms. The Morgan fingerprint density at radius 2 is 1.90 bits per heavy atom. The molecular formula is C18H21NO2. The summed E-state index contributed by atoms with van der Waals surface area (Å²) in [5, 5.41) is 23.5. The van der Waals surface area contributed by atoms with Gasteiger partial charge >= 0.3 is 0 Å². The molecule has 0 aromatic heterocycles. The number of benzene rings is 2. The minimum atomic E-state index is -0.0994. The van der Waals surface area contributed by atoms with Crippen LogP contribution in [0.15, 0.2) is 42.5 Å². The molecule has 1 aliphatic rings. The Labute approximate surface area is 125 Å². The zero-order chi connectivity index (χ0) is 14.8. The fraction of sp³-hybridized carbons (Fsp3) is 0.333. The molecule has 1 unspecified atom stereocenters. The number of phenolic OH excluding ortho intramolecular Hbond substituents is 2. The fourth-order valence-electron chi connectivity index (χ4n) is 2.65. The van der Waals surface area contributed by atoms with Gasteiger partial charge in [0, 0.05) is 5.56 Å². The Kier molecular flexibility index (Phi) is 3.84. The first-order chi connectivity index (χ1) is 10.1. The third-order valence-electron chi connectivity index (χ3n) is 4.04. The number of nitrogens with one attached hydrogen (secondary N) is 1. The third-order valence-corrected chi connectivity index (χ3v) is 4.04. The summed E-state index contributed by atoms with van der Waals surface area (Å²) in [5.41, 5.74) is 3.02. The van der Waals surface area contributed by atoms with Gasteiger partial charge in [-0.1, -0.05) is 42.0 Å². The number of phenols is 2. The van der Waals surface area contributed by atoms with Crippen LogP contribution in [0.3, 0.4) is 0 Å². The van der Waals surface area contributed by atoms with Crippen molar-refractivity contribution in [2.24, 2.45) is 5.92 Å². The van der Waals surface area contributed by atoms with E-state index in [-0.39, 0.29) is 17.5 Å². The Hall–Kier alpha value is -2.00. The average molecular weight is 283 g/mol. The first kappa shape index (κ1) is 14.0. The Balaban J connectivity index is 1.96. The van der Waals surface area contributed by atoms with Crippen molar-refractivity contribution < 1.29 is 10.2 Å². The van der Waals surface area contributed by atoms with Crippen LogP contribution in [0.5, 0.6) is 11.5 Å². The zero-order valence-corrected chi connectivity index (χ0v) is 12.2. The molecular weight excluding hydrogens is 262 g/mol. The Morgan fingerprint density at radius 3 is 2.62 bits per heavy atom. The van der Waals surface area contributed by atoms with Crippen LogP contribution < -0.4 is 5.32 Å². The highest BCUT2D eigenvalue weighted by molar-refractivity contribution is 5.49. The zero-order valence-electron chi connectivity index (χ0n) is 12.2. The summed E-state index contributed by atoms with van der Waals surface area (Å²) in [6.07, 6.45) is 2.55. The number of hydrogen-bond acceptors (Lipinski definition) is 3. The predicted molar refractivity (Wildman–Crippen MR) is 83.5 cm³/mol. The van der Waals surface area contributed by atoms with E-state index in [1.54, 1.807) is 6.07 Å². The maximum atomic E-state index is 10.2. The van der Waals surface area contributed by atoms with Crippen LogP contribution >= 0.6 is 0 Å². The van der Waals surface area contributed by atoms with Crippen LogP contribution in [0.2, 0.25) is 0 Å². The van der Waals surface area contributed by atoms with Crippen molar-refractivity contribution >= 4 is 0 Å². The van der Waals surface area contributed by atoms with Crippen molar-refractivity contribution in [3.05, 3.63) is 59.2 Å². The Morgan fingerprint density at radius 1 is 1.14 bits per heavy atom. The van der Waals surface area contributed by atoms with Crippen molar-refractivity contribution in [3.63, 3.8) is 0 Å². The molecule has 0 amide bonds. The maximum absolute atomic E-state index is 10.2. The smallest absolute Gasteiger partial charge is 0.162 e. The minimum absolute atomic E-state index is 0.0349. The lowest BCUT2D eigenvalue weighted by Crippen LogP contribution is -2.24. The molecule has 0 radical (unpaired) electrons. The van der Waals surface area contributed by atoms with Crippen LogP contribution in [0.1, 0.15) is 35.6 Å². The lowest BCUT2D eigenvalue weighted by atomic mass is 9.96. The molecule has 3 rings (SSSR count). The summed E-state index contributed by atoms with van der Waals surface area (Å²) >= 11 is 0. The van der Waals surface area contributed by atoms with Gasteiger partial charge in [-0.2, -0.15) is 0 Å². The van der Waals surface area contributed by atoms with Crippen LogP contribution in [0.25, 0.3) is 0 Å². The molecule has 0 saturated heterocycles. The van der Waals surface area contributed by atoms with Crippen molar-refractivity contribution in [2.75, 3.05) is 6.54 Å². The molecule has 1 saturated carbocycles. The lowest BCUT2D eigenvalue weighted by Gasteiger charge is -2.21. The van der Waals surface area contributed by atoms with E-state index >= 15 is 0 Å². The average Bonchev–Trinajstić information content (AvgIpc) is 3.28. The molecule has 3 N–H and O–H groups in total. The van der Waals surface area contributed by atoms with E-state index in [1.807, 2.05) is 12.1 Å².